The summed E-state index contributed by atoms with van der Waals surface area (Å²) in [4.78, 5) is 4.17. The zero-order valence-corrected chi connectivity index (χ0v) is 8.59. The summed E-state index contributed by atoms with van der Waals surface area (Å²) in [6.45, 7) is 1.93. The molecule has 0 aliphatic carbocycles. The third-order valence-electron chi connectivity index (χ3n) is 2.37. The molecule has 2 rings (SSSR count). The van der Waals surface area contributed by atoms with Crippen molar-refractivity contribution in [3.63, 3.8) is 0 Å². The third kappa shape index (κ3) is 2.22. The number of aryl methyl sites for hydroxylation is 1. The monoisotopic (exact) mass is 199 g/mol. The van der Waals surface area contributed by atoms with Gasteiger partial charge in [0.1, 0.15) is 6.10 Å². The smallest absolute Gasteiger partial charge is 0.106 e. The van der Waals surface area contributed by atoms with Crippen LogP contribution in [0.2, 0.25) is 0 Å². The first-order valence-electron chi connectivity index (χ1n) is 4.93. The Morgan fingerprint density at radius 3 is 2.33 bits per heavy atom. The molecule has 0 saturated carbocycles. The molecule has 1 heterocycles. The Kier molecular flexibility index (Phi) is 2.79. The zero-order chi connectivity index (χ0) is 10.7. The molecule has 0 saturated heterocycles. The molecule has 1 N–H and O–H groups in total. The summed E-state index contributed by atoms with van der Waals surface area (Å²) in [6, 6.07) is 13.4. The standard InChI is InChI=1S/C13H13NO/c1-10-7-8-12(9-14-10)13(15)11-5-3-2-4-6-11/h2-9,13,15H,1H3. The molecule has 1 unspecified atom stereocenters. The van der Waals surface area contributed by atoms with E-state index in [1.165, 1.54) is 0 Å². The molecule has 0 amide bonds. The first kappa shape index (κ1) is 9.87. The number of hydrogen-bond donors (Lipinski definition) is 1. The van der Waals surface area contributed by atoms with Crippen LogP contribution in [-0.2, 0) is 0 Å². The number of pyridine rings is 1. The lowest BCUT2D eigenvalue weighted by molar-refractivity contribution is 0.220. The van der Waals surface area contributed by atoms with Gasteiger partial charge in [-0.2, -0.15) is 0 Å². The van der Waals surface area contributed by atoms with E-state index in [0.29, 0.717) is 0 Å². The highest BCUT2D eigenvalue weighted by Gasteiger charge is 2.09. The van der Waals surface area contributed by atoms with Crippen molar-refractivity contribution in [2.24, 2.45) is 0 Å². The topological polar surface area (TPSA) is 33.1 Å². The van der Waals surface area contributed by atoms with Crippen molar-refractivity contribution in [1.29, 1.82) is 0 Å². The van der Waals surface area contributed by atoms with Crippen LogP contribution in [0.25, 0.3) is 0 Å². The summed E-state index contributed by atoms with van der Waals surface area (Å²) in [5.74, 6) is 0. The van der Waals surface area contributed by atoms with E-state index in [1.54, 1.807) is 6.20 Å². The van der Waals surface area contributed by atoms with Crippen molar-refractivity contribution in [3.05, 3.63) is 65.5 Å². The van der Waals surface area contributed by atoms with Crippen molar-refractivity contribution < 1.29 is 5.11 Å². The highest BCUT2D eigenvalue weighted by atomic mass is 16.3. The van der Waals surface area contributed by atoms with Gasteiger partial charge in [0.2, 0.25) is 0 Å². The molecule has 0 bridgehead atoms. The predicted molar refractivity (Wildman–Crippen MR) is 59.5 cm³/mol. The Hall–Kier alpha value is -1.67. The van der Waals surface area contributed by atoms with Crippen LogP contribution >= 0.6 is 0 Å². The fraction of sp³-hybridized carbons (Fsp3) is 0.154. The van der Waals surface area contributed by atoms with Gasteiger partial charge in [-0.15, -0.1) is 0 Å². The maximum Gasteiger partial charge on any atom is 0.106 e. The summed E-state index contributed by atoms with van der Waals surface area (Å²) in [6.07, 6.45) is 1.13. The molecule has 2 aromatic rings. The van der Waals surface area contributed by atoms with E-state index in [2.05, 4.69) is 4.98 Å². The van der Waals surface area contributed by atoms with Gasteiger partial charge in [-0.1, -0.05) is 36.4 Å². The van der Waals surface area contributed by atoms with E-state index in [4.69, 9.17) is 0 Å². The Labute approximate surface area is 89.2 Å². The second-order valence-corrected chi connectivity index (χ2v) is 3.55. The van der Waals surface area contributed by atoms with Crippen LogP contribution < -0.4 is 0 Å². The lowest BCUT2D eigenvalue weighted by Gasteiger charge is -2.10. The molecular weight excluding hydrogens is 186 g/mol. The summed E-state index contributed by atoms with van der Waals surface area (Å²) >= 11 is 0. The highest BCUT2D eigenvalue weighted by molar-refractivity contribution is 5.28. The predicted octanol–water partition coefficient (Wildman–Crippen LogP) is 2.47. The fourth-order valence-corrected chi connectivity index (χ4v) is 1.47. The van der Waals surface area contributed by atoms with Gasteiger partial charge in [0.25, 0.3) is 0 Å². The average molecular weight is 199 g/mol. The van der Waals surface area contributed by atoms with Gasteiger partial charge in [0.15, 0.2) is 0 Å². The minimum absolute atomic E-state index is 0.584. The number of hydrogen-bond acceptors (Lipinski definition) is 2. The minimum Gasteiger partial charge on any atom is -0.384 e. The summed E-state index contributed by atoms with van der Waals surface area (Å²) in [5, 5.41) is 10.0. The van der Waals surface area contributed by atoms with E-state index < -0.39 is 6.10 Å². The quantitative estimate of drug-likeness (QED) is 0.806. The van der Waals surface area contributed by atoms with Gasteiger partial charge in [-0.3, -0.25) is 4.98 Å². The Morgan fingerprint density at radius 1 is 1.00 bits per heavy atom. The van der Waals surface area contributed by atoms with Crippen molar-refractivity contribution in [2.45, 2.75) is 13.0 Å². The molecule has 0 aliphatic rings. The average Bonchev–Trinajstić information content (AvgIpc) is 2.30. The van der Waals surface area contributed by atoms with Gasteiger partial charge in [0.05, 0.1) is 0 Å². The van der Waals surface area contributed by atoms with Crippen molar-refractivity contribution in [3.8, 4) is 0 Å². The number of nitrogens with zero attached hydrogens (tertiary/aromatic N) is 1. The first-order valence-corrected chi connectivity index (χ1v) is 4.93. The molecule has 0 fully saturated rings. The molecule has 2 nitrogen and oxygen atoms in total. The highest BCUT2D eigenvalue weighted by Crippen LogP contribution is 2.20. The van der Waals surface area contributed by atoms with Gasteiger partial charge >= 0.3 is 0 Å². The number of benzene rings is 1. The summed E-state index contributed by atoms with van der Waals surface area (Å²) in [5.41, 5.74) is 2.67. The van der Waals surface area contributed by atoms with E-state index in [1.807, 2.05) is 49.4 Å². The van der Waals surface area contributed by atoms with Gasteiger partial charge in [0, 0.05) is 17.5 Å². The maximum atomic E-state index is 10.0. The first-order chi connectivity index (χ1) is 7.27. The van der Waals surface area contributed by atoms with Gasteiger partial charge < -0.3 is 5.11 Å². The lowest BCUT2D eigenvalue weighted by atomic mass is 10.0. The van der Waals surface area contributed by atoms with Crippen molar-refractivity contribution >= 4 is 0 Å². The van der Waals surface area contributed by atoms with Crippen LogP contribution in [0.5, 0.6) is 0 Å². The molecule has 0 spiro atoms. The van der Waals surface area contributed by atoms with Crippen LogP contribution in [0.4, 0.5) is 0 Å². The van der Waals surface area contributed by atoms with Crippen LogP contribution in [0, 0.1) is 6.92 Å². The fourth-order valence-electron chi connectivity index (χ4n) is 1.47. The van der Waals surface area contributed by atoms with Gasteiger partial charge in [-0.25, -0.2) is 0 Å². The Morgan fingerprint density at radius 2 is 1.73 bits per heavy atom. The molecule has 0 aliphatic heterocycles. The second kappa shape index (κ2) is 4.24. The minimum atomic E-state index is -0.584. The molecule has 76 valence electrons. The molecule has 2 heteroatoms. The van der Waals surface area contributed by atoms with Crippen LogP contribution in [0.15, 0.2) is 48.7 Å². The summed E-state index contributed by atoms with van der Waals surface area (Å²) in [7, 11) is 0. The van der Waals surface area contributed by atoms with E-state index in [9.17, 15) is 5.11 Å². The lowest BCUT2D eigenvalue weighted by Crippen LogP contribution is -1.99. The largest absolute Gasteiger partial charge is 0.384 e. The molecule has 1 atom stereocenters. The van der Waals surface area contributed by atoms with Crippen molar-refractivity contribution in [1.82, 2.24) is 4.98 Å². The number of rotatable bonds is 2. The Balaban J connectivity index is 2.29. The van der Waals surface area contributed by atoms with E-state index in [-0.39, 0.29) is 0 Å². The normalized spacial score (nSPS) is 12.4. The van der Waals surface area contributed by atoms with Crippen molar-refractivity contribution in [2.75, 3.05) is 0 Å². The summed E-state index contributed by atoms with van der Waals surface area (Å²) < 4.78 is 0. The molecule has 0 radical (unpaired) electrons. The number of aromatic nitrogens is 1. The number of aliphatic hydroxyl groups excluding tert-OH is 1. The second-order valence-electron chi connectivity index (χ2n) is 3.55. The van der Waals surface area contributed by atoms with Gasteiger partial charge in [-0.05, 0) is 18.6 Å². The molecular formula is C13H13NO. The number of aliphatic hydroxyl groups is 1. The molecule has 15 heavy (non-hydrogen) atoms. The Bertz CT molecular complexity index is 422. The van der Waals surface area contributed by atoms with E-state index >= 15 is 0 Å². The van der Waals surface area contributed by atoms with Crippen LogP contribution in [-0.4, -0.2) is 10.1 Å². The zero-order valence-electron chi connectivity index (χ0n) is 8.59. The third-order valence-corrected chi connectivity index (χ3v) is 2.37. The molecule has 1 aromatic carbocycles. The van der Waals surface area contributed by atoms with Crippen LogP contribution in [0.3, 0.4) is 0 Å². The maximum absolute atomic E-state index is 10.0. The SMILES string of the molecule is Cc1ccc(C(O)c2ccccc2)cn1. The van der Waals surface area contributed by atoms with E-state index in [0.717, 1.165) is 16.8 Å². The van der Waals surface area contributed by atoms with Crippen LogP contribution in [0.1, 0.15) is 22.9 Å². The molecule has 1 aromatic heterocycles.